The summed E-state index contributed by atoms with van der Waals surface area (Å²) in [5, 5.41) is 11.1. The van der Waals surface area contributed by atoms with E-state index in [0.29, 0.717) is 10.5 Å². The number of carboxylic acid groups (broad SMARTS) is 1. The molecule has 4 N–H and O–H groups in total. The minimum atomic E-state index is -1.30. The largest absolute Gasteiger partial charge is 0.480 e. The van der Waals surface area contributed by atoms with Crippen LogP contribution < -0.4 is 11.1 Å². The lowest BCUT2D eigenvalue weighted by Gasteiger charge is -2.20. The molecule has 0 saturated carbocycles. The molecule has 0 bridgehead atoms. The topological polar surface area (TPSA) is 113 Å². The maximum atomic E-state index is 13.5. The van der Waals surface area contributed by atoms with Gasteiger partial charge in [-0.15, -0.1) is 0 Å². The van der Waals surface area contributed by atoms with Gasteiger partial charge in [0, 0.05) is 5.69 Å². The molecule has 1 aromatic carbocycles. The van der Waals surface area contributed by atoms with Crippen molar-refractivity contribution >= 4 is 39.5 Å². The summed E-state index contributed by atoms with van der Waals surface area (Å²) in [5.41, 5.74) is 5.68. The van der Waals surface area contributed by atoms with Gasteiger partial charge in [0.1, 0.15) is 18.9 Å². The standard InChI is InChI=1S/C12H13BrFN3O4/c1-6-2-7(13)8(14)3-9(6)16-12(21)17(4-10(15)18)5-11(19)20/h2-3H,4-5H2,1H3,(H2,15,18)(H,16,21)(H,19,20). The van der Waals surface area contributed by atoms with E-state index in [1.807, 2.05) is 0 Å². The molecule has 0 fully saturated rings. The number of aryl methyl sites for hydroxylation is 1. The Morgan fingerprint density at radius 2 is 2.00 bits per heavy atom. The quantitative estimate of drug-likeness (QED) is 0.733. The lowest BCUT2D eigenvalue weighted by atomic mass is 10.2. The number of nitrogens with two attached hydrogens (primary N) is 1. The zero-order valence-corrected chi connectivity index (χ0v) is 12.6. The predicted octanol–water partition coefficient (Wildman–Crippen LogP) is 1.30. The molecule has 0 unspecified atom stereocenters. The molecule has 0 aliphatic rings. The Hall–Kier alpha value is -2.16. The summed E-state index contributed by atoms with van der Waals surface area (Å²) in [6.07, 6.45) is 0. The van der Waals surface area contributed by atoms with Gasteiger partial charge >= 0.3 is 12.0 Å². The van der Waals surface area contributed by atoms with Gasteiger partial charge in [0.15, 0.2) is 0 Å². The smallest absolute Gasteiger partial charge is 0.323 e. The second kappa shape index (κ2) is 7.02. The van der Waals surface area contributed by atoms with E-state index in [-0.39, 0.29) is 10.2 Å². The molecule has 0 atom stereocenters. The number of aliphatic carboxylic acids is 1. The predicted molar refractivity (Wildman–Crippen MR) is 76.3 cm³/mol. The maximum Gasteiger partial charge on any atom is 0.323 e. The van der Waals surface area contributed by atoms with E-state index in [2.05, 4.69) is 21.2 Å². The number of halogens is 2. The Kier molecular flexibility index (Phi) is 5.65. The van der Waals surface area contributed by atoms with E-state index in [9.17, 15) is 18.8 Å². The zero-order valence-electron chi connectivity index (χ0n) is 11.0. The molecule has 0 saturated heterocycles. The molecular formula is C12H13BrFN3O4. The molecular weight excluding hydrogens is 349 g/mol. The van der Waals surface area contributed by atoms with Crippen molar-refractivity contribution in [1.29, 1.82) is 0 Å². The fourth-order valence-corrected chi connectivity index (χ4v) is 1.98. The molecule has 0 heterocycles. The number of carbonyl (C=O) groups is 3. The van der Waals surface area contributed by atoms with E-state index in [1.54, 1.807) is 6.92 Å². The molecule has 9 heteroatoms. The third-order valence-corrected chi connectivity index (χ3v) is 3.08. The van der Waals surface area contributed by atoms with Gasteiger partial charge in [-0.3, -0.25) is 9.59 Å². The number of benzene rings is 1. The second-order valence-electron chi connectivity index (χ2n) is 4.23. The van der Waals surface area contributed by atoms with E-state index in [1.165, 1.54) is 6.07 Å². The first-order valence-electron chi connectivity index (χ1n) is 5.72. The van der Waals surface area contributed by atoms with E-state index >= 15 is 0 Å². The van der Waals surface area contributed by atoms with Crippen LogP contribution >= 0.6 is 15.9 Å². The molecule has 0 aliphatic carbocycles. The number of carboxylic acids is 1. The first-order valence-corrected chi connectivity index (χ1v) is 6.51. The number of hydrogen-bond donors (Lipinski definition) is 3. The summed E-state index contributed by atoms with van der Waals surface area (Å²) in [6.45, 7) is 0.373. The number of carbonyl (C=O) groups excluding carboxylic acids is 2. The van der Waals surface area contributed by atoms with Gasteiger partial charge in [0.2, 0.25) is 5.91 Å². The number of hydrogen-bond acceptors (Lipinski definition) is 3. The third-order valence-electron chi connectivity index (χ3n) is 2.47. The highest BCUT2D eigenvalue weighted by Gasteiger charge is 2.20. The molecule has 21 heavy (non-hydrogen) atoms. The van der Waals surface area contributed by atoms with Crippen molar-refractivity contribution in [3.63, 3.8) is 0 Å². The van der Waals surface area contributed by atoms with Gasteiger partial charge in [0.05, 0.1) is 4.47 Å². The van der Waals surface area contributed by atoms with Gasteiger partial charge in [-0.05, 0) is 40.5 Å². The highest BCUT2D eigenvalue weighted by Crippen LogP contribution is 2.24. The highest BCUT2D eigenvalue weighted by molar-refractivity contribution is 9.10. The Labute approximate surface area is 128 Å². The molecule has 0 spiro atoms. The van der Waals surface area contributed by atoms with Gasteiger partial charge in [-0.2, -0.15) is 0 Å². The average Bonchev–Trinajstić information content (AvgIpc) is 2.33. The van der Waals surface area contributed by atoms with Crippen LogP contribution in [-0.2, 0) is 9.59 Å². The molecule has 3 amide bonds. The lowest BCUT2D eigenvalue weighted by molar-refractivity contribution is -0.137. The van der Waals surface area contributed by atoms with E-state index in [0.717, 1.165) is 6.07 Å². The van der Waals surface area contributed by atoms with Gasteiger partial charge in [-0.1, -0.05) is 0 Å². The monoisotopic (exact) mass is 361 g/mol. The van der Waals surface area contributed by atoms with Crippen LogP contribution in [-0.4, -0.2) is 41.0 Å². The Bertz CT molecular complexity index is 578. The summed E-state index contributed by atoms with van der Waals surface area (Å²) in [6, 6.07) is 1.68. The van der Waals surface area contributed by atoms with Crippen molar-refractivity contribution in [2.75, 3.05) is 18.4 Å². The number of anilines is 1. The molecule has 0 radical (unpaired) electrons. The van der Waals surface area contributed by atoms with E-state index < -0.39 is 36.8 Å². The summed E-state index contributed by atoms with van der Waals surface area (Å²) >= 11 is 3.00. The average molecular weight is 362 g/mol. The molecule has 0 aromatic heterocycles. The van der Waals surface area contributed by atoms with Crippen molar-refractivity contribution in [3.8, 4) is 0 Å². The minimum absolute atomic E-state index is 0.167. The van der Waals surface area contributed by atoms with Crippen LogP contribution in [0.3, 0.4) is 0 Å². The van der Waals surface area contributed by atoms with Crippen molar-refractivity contribution in [2.45, 2.75) is 6.92 Å². The van der Waals surface area contributed by atoms with Gasteiger partial charge in [0.25, 0.3) is 0 Å². The first kappa shape index (κ1) is 16.9. The van der Waals surface area contributed by atoms with E-state index in [4.69, 9.17) is 10.8 Å². The Morgan fingerprint density at radius 3 is 2.52 bits per heavy atom. The van der Waals surface area contributed by atoms with Crippen LogP contribution in [0.15, 0.2) is 16.6 Å². The SMILES string of the molecule is Cc1cc(Br)c(F)cc1NC(=O)N(CC(N)=O)CC(=O)O. The van der Waals surface area contributed by atoms with Crippen LogP contribution in [0.4, 0.5) is 14.9 Å². The third kappa shape index (κ3) is 5.03. The van der Waals surface area contributed by atoms with Gasteiger partial charge in [-0.25, -0.2) is 9.18 Å². The number of nitrogens with one attached hydrogen (secondary N) is 1. The zero-order chi connectivity index (χ0) is 16.2. The van der Waals surface area contributed by atoms with Gasteiger partial charge < -0.3 is 21.1 Å². The van der Waals surface area contributed by atoms with Crippen LogP contribution in [0.2, 0.25) is 0 Å². The Balaban J connectivity index is 2.93. The maximum absolute atomic E-state index is 13.5. The highest BCUT2D eigenvalue weighted by atomic mass is 79.9. The normalized spacial score (nSPS) is 10.0. The van der Waals surface area contributed by atoms with Crippen LogP contribution in [0.25, 0.3) is 0 Å². The molecule has 114 valence electrons. The van der Waals surface area contributed by atoms with Crippen LogP contribution in [0, 0.1) is 12.7 Å². The van der Waals surface area contributed by atoms with Crippen molar-refractivity contribution in [2.24, 2.45) is 5.73 Å². The van der Waals surface area contributed by atoms with Crippen molar-refractivity contribution in [3.05, 3.63) is 28.0 Å². The number of nitrogens with zero attached hydrogens (tertiary/aromatic N) is 1. The summed E-state index contributed by atoms with van der Waals surface area (Å²) in [4.78, 5) is 34.2. The summed E-state index contributed by atoms with van der Waals surface area (Å²) in [7, 11) is 0. The fraction of sp³-hybridized carbons (Fsp3) is 0.250. The lowest BCUT2D eigenvalue weighted by Crippen LogP contribution is -2.43. The molecule has 1 rings (SSSR count). The molecule has 7 nitrogen and oxygen atoms in total. The number of urea groups is 1. The summed E-state index contributed by atoms with van der Waals surface area (Å²) in [5.74, 6) is -2.74. The van der Waals surface area contributed by atoms with Crippen molar-refractivity contribution in [1.82, 2.24) is 4.90 Å². The fourth-order valence-electron chi connectivity index (χ4n) is 1.53. The first-order chi connectivity index (χ1) is 9.70. The number of primary amides is 1. The molecule has 1 aromatic rings. The number of rotatable bonds is 5. The van der Waals surface area contributed by atoms with Crippen LogP contribution in [0.5, 0.6) is 0 Å². The molecule has 0 aliphatic heterocycles. The minimum Gasteiger partial charge on any atom is -0.480 e. The number of amides is 3. The second-order valence-corrected chi connectivity index (χ2v) is 5.08. The van der Waals surface area contributed by atoms with Crippen LogP contribution in [0.1, 0.15) is 5.56 Å². The summed E-state index contributed by atoms with van der Waals surface area (Å²) < 4.78 is 13.7. The van der Waals surface area contributed by atoms with Crippen molar-refractivity contribution < 1.29 is 23.9 Å². The Morgan fingerprint density at radius 1 is 1.38 bits per heavy atom.